The fourth-order valence-electron chi connectivity index (χ4n) is 8.63. The lowest BCUT2D eigenvalue weighted by atomic mass is 9.99. The zero-order valence-electron chi connectivity index (χ0n) is 32.2. The first kappa shape index (κ1) is 34.7. The number of hydrogen-bond acceptors (Lipinski definition) is 5. The Morgan fingerprint density at radius 2 is 0.933 bits per heavy atom. The van der Waals surface area contributed by atoms with E-state index in [1.54, 1.807) is 11.3 Å². The molecular formula is C55H34N2OS2. The van der Waals surface area contributed by atoms with Crippen LogP contribution in [0.4, 0.5) is 17.1 Å². The smallest absolute Gasteiger partial charge is 0.136 e. The second kappa shape index (κ2) is 14.2. The predicted molar refractivity (Wildman–Crippen MR) is 256 cm³/mol. The van der Waals surface area contributed by atoms with Gasteiger partial charge in [0, 0.05) is 53.6 Å². The maximum atomic E-state index is 6.23. The Morgan fingerprint density at radius 3 is 1.65 bits per heavy atom. The maximum Gasteiger partial charge on any atom is 0.136 e. The number of thiophene rings is 1. The first-order chi connectivity index (χ1) is 29.7. The van der Waals surface area contributed by atoms with Crippen LogP contribution in [-0.2, 0) is 0 Å². The molecular weight excluding hydrogens is 769 g/mol. The Balaban J connectivity index is 0.911. The third-order valence-corrected chi connectivity index (χ3v) is 13.7. The van der Waals surface area contributed by atoms with E-state index < -0.39 is 0 Å². The van der Waals surface area contributed by atoms with Gasteiger partial charge >= 0.3 is 0 Å². The molecule has 3 heterocycles. The SMILES string of the molecule is c1ccc(-c2ccc(N(c3ccc(-c4ccc5c(c4)sc4ccc6sc(-c7ccccc7)nc6c45)cc3)c3ccc(-c4cccc5oc6ccccc6c45)cc3)cc2)cc1. The van der Waals surface area contributed by atoms with E-state index in [0.29, 0.717) is 0 Å². The monoisotopic (exact) mass is 802 g/mol. The summed E-state index contributed by atoms with van der Waals surface area (Å²) in [6.07, 6.45) is 0. The van der Waals surface area contributed by atoms with E-state index in [0.717, 1.165) is 66.2 Å². The number of rotatable bonds is 7. The molecule has 3 aromatic heterocycles. The molecule has 0 N–H and O–H groups in total. The molecule has 0 aliphatic carbocycles. The van der Waals surface area contributed by atoms with Gasteiger partial charge in [-0.3, -0.25) is 0 Å². The van der Waals surface area contributed by atoms with Crippen LogP contribution in [0.3, 0.4) is 0 Å². The molecule has 5 heteroatoms. The van der Waals surface area contributed by atoms with Crippen molar-refractivity contribution in [2.24, 2.45) is 0 Å². The number of fused-ring (bicyclic) bond motifs is 8. The highest BCUT2D eigenvalue weighted by atomic mass is 32.1. The molecule has 0 saturated carbocycles. The summed E-state index contributed by atoms with van der Waals surface area (Å²) in [5.74, 6) is 0. The highest BCUT2D eigenvalue weighted by molar-refractivity contribution is 7.26. The van der Waals surface area contributed by atoms with Crippen LogP contribution in [0.5, 0.6) is 0 Å². The van der Waals surface area contributed by atoms with E-state index in [1.807, 2.05) is 23.5 Å². The summed E-state index contributed by atoms with van der Waals surface area (Å²) in [5.41, 5.74) is 14.4. The van der Waals surface area contributed by atoms with Gasteiger partial charge in [0.25, 0.3) is 0 Å². The summed E-state index contributed by atoms with van der Waals surface area (Å²) in [7, 11) is 0. The molecule has 0 unspecified atom stereocenters. The van der Waals surface area contributed by atoms with Crippen LogP contribution in [-0.4, -0.2) is 4.98 Å². The molecule has 12 rings (SSSR count). The van der Waals surface area contributed by atoms with Gasteiger partial charge < -0.3 is 9.32 Å². The summed E-state index contributed by atoms with van der Waals surface area (Å²) in [5, 5.41) is 5.85. The van der Waals surface area contributed by atoms with Crippen LogP contribution >= 0.6 is 22.7 Å². The molecule has 0 amide bonds. The minimum Gasteiger partial charge on any atom is -0.456 e. The van der Waals surface area contributed by atoms with Crippen LogP contribution in [0, 0.1) is 0 Å². The van der Waals surface area contributed by atoms with Crippen molar-refractivity contribution in [3.8, 4) is 44.0 Å². The van der Waals surface area contributed by atoms with Gasteiger partial charge in [-0.25, -0.2) is 4.98 Å². The maximum absolute atomic E-state index is 6.23. The molecule has 0 aliphatic rings. The van der Waals surface area contributed by atoms with Crippen molar-refractivity contribution < 1.29 is 4.42 Å². The Labute approximate surface area is 354 Å². The first-order valence-electron chi connectivity index (χ1n) is 20.1. The van der Waals surface area contributed by atoms with E-state index in [-0.39, 0.29) is 0 Å². The van der Waals surface area contributed by atoms with E-state index in [1.165, 1.54) is 47.1 Å². The van der Waals surface area contributed by atoms with Gasteiger partial charge in [-0.2, -0.15) is 0 Å². The number of para-hydroxylation sites is 1. The largest absolute Gasteiger partial charge is 0.456 e. The minimum atomic E-state index is 0.902. The van der Waals surface area contributed by atoms with Crippen molar-refractivity contribution in [2.75, 3.05) is 4.90 Å². The highest BCUT2D eigenvalue weighted by Crippen LogP contribution is 2.44. The lowest BCUT2D eigenvalue weighted by Gasteiger charge is -2.26. The summed E-state index contributed by atoms with van der Waals surface area (Å²) >= 11 is 3.61. The first-order valence-corrected chi connectivity index (χ1v) is 21.7. The van der Waals surface area contributed by atoms with Gasteiger partial charge in [0.2, 0.25) is 0 Å². The second-order valence-corrected chi connectivity index (χ2v) is 17.2. The van der Waals surface area contributed by atoms with Gasteiger partial charge in [0.15, 0.2) is 0 Å². The van der Waals surface area contributed by atoms with Gasteiger partial charge in [0.1, 0.15) is 16.2 Å². The van der Waals surface area contributed by atoms with Crippen molar-refractivity contribution in [2.45, 2.75) is 0 Å². The minimum absolute atomic E-state index is 0.902. The molecule has 0 atom stereocenters. The zero-order valence-corrected chi connectivity index (χ0v) is 33.9. The molecule has 12 aromatic rings. The Bertz CT molecular complexity index is 3510. The van der Waals surface area contributed by atoms with Crippen molar-refractivity contribution in [1.82, 2.24) is 4.98 Å². The molecule has 60 heavy (non-hydrogen) atoms. The summed E-state index contributed by atoms with van der Waals surface area (Å²) in [6.45, 7) is 0. The predicted octanol–water partition coefficient (Wildman–Crippen LogP) is 16.7. The topological polar surface area (TPSA) is 29.3 Å². The number of aromatic nitrogens is 1. The fraction of sp³-hybridized carbons (Fsp3) is 0. The highest BCUT2D eigenvalue weighted by Gasteiger charge is 2.18. The number of benzene rings is 9. The number of thiazole rings is 1. The Kier molecular flexibility index (Phi) is 8.22. The van der Waals surface area contributed by atoms with E-state index >= 15 is 0 Å². The van der Waals surface area contributed by atoms with Crippen LogP contribution < -0.4 is 4.90 Å². The van der Waals surface area contributed by atoms with E-state index in [9.17, 15) is 0 Å². The molecule has 0 saturated heterocycles. The standard InChI is InChI=1S/C55H34N2OS2/c1-3-10-35(11-4-1)36-18-25-41(26-19-36)57(43-29-22-38(23-30-43)44-15-9-17-48-52(44)45-14-7-8-16-47(45)58-48)42-27-20-37(21-28-42)40-24-31-46-51(34-40)59-49-32-33-50-54(53(46)49)56-55(60-50)39-12-5-2-6-13-39/h1-34H. The van der Waals surface area contributed by atoms with E-state index in [2.05, 4.69) is 199 Å². The third-order valence-electron chi connectivity index (χ3n) is 11.5. The quantitative estimate of drug-likeness (QED) is 0.161. The molecule has 282 valence electrons. The molecule has 0 aliphatic heterocycles. The number of furan rings is 1. The number of anilines is 3. The van der Waals surface area contributed by atoms with Crippen LogP contribution in [0.15, 0.2) is 211 Å². The Hall–Kier alpha value is -7.31. The van der Waals surface area contributed by atoms with Crippen molar-refractivity contribution in [3.05, 3.63) is 206 Å². The number of hydrogen-bond donors (Lipinski definition) is 0. The normalized spacial score (nSPS) is 11.7. The van der Waals surface area contributed by atoms with Gasteiger partial charge in [-0.15, -0.1) is 22.7 Å². The molecule has 9 aromatic carbocycles. The van der Waals surface area contributed by atoms with Gasteiger partial charge in [0.05, 0.1) is 10.2 Å². The van der Waals surface area contributed by atoms with Crippen LogP contribution in [0.2, 0.25) is 0 Å². The van der Waals surface area contributed by atoms with E-state index in [4.69, 9.17) is 9.40 Å². The molecule has 0 bridgehead atoms. The zero-order chi connectivity index (χ0) is 39.6. The summed E-state index contributed by atoms with van der Waals surface area (Å²) in [4.78, 5) is 7.51. The molecule has 0 radical (unpaired) electrons. The van der Waals surface area contributed by atoms with Gasteiger partial charge in [-0.1, -0.05) is 140 Å². The average Bonchev–Trinajstić information content (AvgIpc) is 4.04. The Morgan fingerprint density at radius 1 is 0.367 bits per heavy atom. The van der Waals surface area contributed by atoms with Gasteiger partial charge in [-0.05, 0) is 100 Å². The average molecular weight is 803 g/mol. The van der Waals surface area contributed by atoms with Crippen LogP contribution in [0.25, 0.3) is 96.3 Å². The fourth-order valence-corrected chi connectivity index (χ4v) is 10.8. The summed E-state index contributed by atoms with van der Waals surface area (Å²) in [6, 6.07) is 73.8. The van der Waals surface area contributed by atoms with Crippen molar-refractivity contribution in [3.63, 3.8) is 0 Å². The molecule has 0 fully saturated rings. The lowest BCUT2D eigenvalue weighted by Crippen LogP contribution is -2.09. The molecule has 3 nitrogen and oxygen atoms in total. The summed E-state index contributed by atoms with van der Waals surface area (Å²) < 4.78 is 9.99. The second-order valence-electron chi connectivity index (χ2n) is 15.1. The lowest BCUT2D eigenvalue weighted by molar-refractivity contribution is 0.669. The number of nitrogens with zero attached hydrogens (tertiary/aromatic N) is 2. The molecule has 0 spiro atoms. The van der Waals surface area contributed by atoms with Crippen molar-refractivity contribution in [1.29, 1.82) is 0 Å². The van der Waals surface area contributed by atoms with Crippen molar-refractivity contribution >= 4 is 92.1 Å². The van der Waals surface area contributed by atoms with Crippen LogP contribution in [0.1, 0.15) is 0 Å². The third kappa shape index (κ3) is 5.90.